The summed E-state index contributed by atoms with van der Waals surface area (Å²) in [5, 5.41) is 17.8. The van der Waals surface area contributed by atoms with Gasteiger partial charge in [0.25, 0.3) is 11.5 Å². The van der Waals surface area contributed by atoms with Crippen LogP contribution in [0.2, 0.25) is 5.02 Å². The van der Waals surface area contributed by atoms with Crippen molar-refractivity contribution in [3.05, 3.63) is 91.7 Å². The number of carbonyl (C=O) groups excluding carboxylic acids is 1. The van der Waals surface area contributed by atoms with Crippen molar-refractivity contribution >= 4 is 17.5 Å². The molecule has 1 saturated carbocycles. The van der Waals surface area contributed by atoms with Crippen LogP contribution in [0.25, 0.3) is 5.69 Å². The van der Waals surface area contributed by atoms with Gasteiger partial charge < -0.3 is 10.4 Å². The normalized spacial score (nSPS) is 15.5. The first-order chi connectivity index (χ1) is 16.4. The van der Waals surface area contributed by atoms with Crippen LogP contribution in [-0.4, -0.2) is 37.5 Å². The summed E-state index contributed by atoms with van der Waals surface area (Å²) in [5.41, 5.74) is -0.819. The molecule has 0 unspecified atom stereocenters. The highest BCUT2D eigenvalue weighted by atomic mass is 35.5. The number of nitrogens with one attached hydrogen (secondary N) is 1. The van der Waals surface area contributed by atoms with Crippen molar-refractivity contribution in [2.45, 2.75) is 50.7 Å². The molecular formula is C25H27ClN4O4. The fourth-order valence-corrected chi connectivity index (χ4v) is 4.45. The minimum absolute atomic E-state index is 0.0978. The summed E-state index contributed by atoms with van der Waals surface area (Å²) in [6.45, 7) is 0.229. The Morgan fingerprint density at radius 2 is 1.76 bits per heavy atom. The second-order valence-corrected chi connectivity index (χ2v) is 9.14. The van der Waals surface area contributed by atoms with Crippen LogP contribution in [0.1, 0.15) is 54.4 Å². The van der Waals surface area contributed by atoms with Gasteiger partial charge in [-0.3, -0.25) is 14.2 Å². The Morgan fingerprint density at radius 3 is 2.47 bits per heavy atom. The van der Waals surface area contributed by atoms with Crippen molar-refractivity contribution in [3.8, 4) is 5.69 Å². The van der Waals surface area contributed by atoms with Gasteiger partial charge in [-0.15, -0.1) is 0 Å². The number of halogens is 1. The van der Waals surface area contributed by atoms with E-state index < -0.39 is 22.8 Å². The number of aliphatic hydroxyl groups is 1. The predicted octanol–water partition coefficient (Wildman–Crippen LogP) is 2.91. The zero-order valence-corrected chi connectivity index (χ0v) is 19.5. The molecule has 1 aliphatic rings. The molecule has 0 atom stereocenters. The summed E-state index contributed by atoms with van der Waals surface area (Å²) in [7, 11) is 0. The van der Waals surface area contributed by atoms with E-state index in [2.05, 4.69) is 10.4 Å². The molecule has 0 radical (unpaired) electrons. The molecule has 0 aliphatic heterocycles. The first-order valence-electron chi connectivity index (χ1n) is 11.4. The van der Waals surface area contributed by atoms with Gasteiger partial charge >= 0.3 is 5.69 Å². The molecule has 2 N–H and O–H groups in total. The van der Waals surface area contributed by atoms with Crippen LogP contribution >= 0.6 is 11.6 Å². The van der Waals surface area contributed by atoms with Gasteiger partial charge in [-0.1, -0.05) is 67.6 Å². The van der Waals surface area contributed by atoms with Crippen LogP contribution in [0, 0.1) is 0 Å². The lowest BCUT2D eigenvalue weighted by molar-refractivity contribution is 0.0246. The van der Waals surface area contributed by atoms with Gasteiger partial charge in [0, 0.05) is 6.54 Å². The van der Waals surface area contributed by atoms with Gasteiger partial charge in [0.15, 0.2) is 0 Å². The van der Waals surface area contributed by atoms with Crippen LogP contribution in [0.4, 0.5) is 0 Å². The maximum absolute atomic E-state index is 13.1. The maximum Gasteiger partial charge on any atom is 0.352 e. The molecule has 1 aliphatic carbocycles. The van der Waals surface area contributed by atoms with Gasteiger partial charge in [-0.05, 0) is 36.6 Å². The third kappa shape index (κ3) is 5.46. The fourth-order valence-electron chi connectivity index (χ4n) is 4.25. The lowest BCUT2D eigenvalue weighted by Crippen LogP contribution is -2.42. The minimum Gasteiger partial charge on any atom is -0.388 e. The standard InChI is InChI=1S/C25H27ClN4O4/c26-21-11-10-19(14-20(21)23(32)27-17-25(34)12-6-1-2-7-13-25)30-24(33)29(22(31)15-28-30)16-18-8-4-3-5-9-18/h3-5,8-11,14-15,34H,1-2,6-7,12-13,16-17H2,(H,27,32). The minimum atomic E-state index is -0.929. The molecule has 178 valence electrons. The Bertz CT molecular complexity index is 1280. The highest BCUT2D eigenvalue weighted by molar-refractivity contribution is 6.33. The zero-order chi connectivity index (χ0) is 24.1. The van der Waals surface area contributed by atoms with Crippen molar-refractivity contribution in [1.82, 2.24) is 19.7 Å². The maximum atomic E-state index is 13.1. The Hall–Kier alpha value is -3.23. The SMILES string of the molecule is O=C(NCC1(O)CCCCCC1)c1cc(-n2ncc(=O)n(Cc3ccccc3)c2=O)ccc1Cl. The smallest absolute Gasteiger partial charge is 0.352 e. The van der Waals surface area contributed by atoms with Crippen molar-refractivity contribution in [3.63, 3.8) is 0 Å². The van der Waals surface area contributed by atoms with E-state index in [1.54, 1.807) is 6.07 Å². The fraction of sp³-hybridized carbons (Fsp3) is 0.360. The van der Waals surface area contributed by atoms with Crippen LogP contribution in [0.15, 0.2) is 64.3 Å². The van der Waals surface area contributed by atoms with E-state index in [4.69, 9.17) is 11.6 Å². The molecule has 8 nitrogen and oxygen atoms in total. The molecule has 0 bridgehead atoms. The molecule has 1 amide bonds. The van der Waals surface area contributed by atoms with Crippen molar-refractivity contribution < 1.29 is 9.90 Å². The number of amides is 1. The second kappa shape index (κ2) is 10.4. The Kier molecular flexibility index (Phi) is 7.29. The Morgan fingerprint density at radius 1 is 1.06 bits per heavy atom. The topological polar surface area (TPSA) is 106 Å². The number of nitrogens with zero attached hydrogens (tertiary/aromatic N) is 3. The van der Waals surface area contributed by atoms with E-state index >= 15 is 0 Å². The van der Waals surface area contributed by atoms with Crippen LogP contribution < -0.4 is 16.6 Å². The van der Waals surface area contributed by atoms with E-state index in [0.717, 1.165) is 46.7 Å². The van der Waals surface area contributed by atoms with Crippen molar-refractivity contribution in [1.29, 1.82) is 0 Å². The van der Waals surface area contributed by atoms with Crippen LogP contribution in [-0.2, 0) is 6.54 Å². The number of aromatic nitrogens is 3. The lowest BCUT2D eigenvalue weighted by Gasteiger charge is -2.26. The Labute approximate surface area is 201 Å². The number of hydrogen-bond acceptors (Lipinski definition) is 5. The summed E-state index contributed by atoms with van der Waals surface area (Å²) in [5.74, 6) is -0.449. The first-order valence-corrected chi connectivity index (χ1v) is 11.8. The van der Waals surface area contributed by atoms with E-state index in [-0.39, 0.29) is 23.7 Å². The van der Waals surface area contributed by atoms with Crippen LogP contribution in [0.3, 0.4) is 0 Å². The van der Waals surface area contributed by atoms with Gasteiger partial charge in [-0.25, -0.2) is 4.79 Å². The third-order valence-electron chi connectivity index (χ3n) is 6.20. The quantitative estimate of drug-likeness (QED) is 0.525. The average molecular weight is 483 g/mol. The third-order valence-corrected chi connectivity index (χ3v) is 6.53. The molecule has 4 rings (SSSR count). The van der Waals surface area contributed by atoms with E-state index in [1.165, 1.54) is 12.1 Å². The lowest BCUT2D eigenvalue weighted by atomic mass is 9.94. The number of carbonyl (C=O) groups is 1. The summed E-state index contributed by atoms with van der Waals surface area (Å²) in [4.78, 5) is 38.3. The molecule has 1 heterocycles. The van der Waals surface area contributed by atoms with Gasteiger partial charge in [0.2, 0.25) is 0 Å². The predicted molar refractivity (Wildman–Crippen MR) is 130 cm³/mol. The summed E-state index contributed by atoms with van der Waals surface area (Å²) in [6.07, 6.45) is 6.37. The summed E-state index contributed by atoms with van der Waals surface area (Å²) in [6, 6.07) is 13.7. The molecule has 34 heavy (non-hydrogen) atoms. The molecular weight excluding hydrogens is 456 g/mol. The summed E-state index contributed by atoms with van der Waals surface area (Å²) < 4.78 is 2.15. The molecule has 0 saturated heterocycles. The molecule has 9 heteroatoms. The molecule has 1 aromatic heterocycles. The summed E-state index contributed by atoms with van der Waals surface area (Å²) >= 11 is 6.28. The highest BCUT2D eigenvalue weighted by Gasteiger charge is 2.28. The molecule has 0 spiro atoms. The first kappa shape index (κ1) is 23.9. The van der Waals surface area contributed by atoms with Gasteiger partial charge in [0.1, 0.15) is 6.20 Å². The molecule has 2 aromatic carbocycles. The highest BCUT2D eigenvalue weighted by Crippen LogP contribution is 2.27. The van der Waals surface area contributed by atoms with E-state index in [1.807, 2.05) is 30.3 Å². The second-order valence-electron chi connectivity index (χ2n) is 8.73. The number of rotatable bonds is 6. The zero-order valence-electron chi connectivity index (χ0n) is 18.7. The number of benzene rings is 2. The number of hydrogen-bond donors (Lipinski definition) is 2. The van der Waals surface area contributed by atoms with Gasteiger partial charge in [0.05, 0.1) is 28.4 Å². The van der Waals surface area contributed by atoms with Crippen LogP contribution in [0.5, 0.6) is 0 Å². The van der Waals surface area contributed by atoms with E-state index in [9.17, 15) is 19.5 Å². The Balaban J connectivity index is 1.59. The monoisotopic (exact) mass is 482 g/mol. The van der Waals surface area contributed by atoms with E-state index in [0.29, 0.717) is 18.5 Å². The average Bonchev–Trinajstić information content (AvgIpc) is 3.06. The largest absolute Gasteiger partial charge is 0.388 e. The van der Waals surface area contributed by atoms with Gasteiger partial charge in [-0.2, -0.15) is 9.78 Å². The molecule has 1 fully saturated rings. The molecule has 3 aromatic rings. The van der Waals surface area contributed by atoms with Crippen molar-refractivity contribution in [2.24, 2.45) is 0 Å². The van der Waals surface area contributed by atoms with Crippen molar-refractivity contribution in [2.75, 3.05) is 6.54 Å².